The number of guanidine groups is 1. The van der Waals surface area contributed by atoms with Crippen molar-refractivity contribution in [2.75, 3.05) is 20.2 Å². The maximum absolute atomic E-state index is 5.12. The van der Waals surface area contributed by atoms with E-state index in [0.29, 0.717) is 12.4 Å². The number of hydrogen-bond donors (Lipinski definition) is 2. The molecule has 6 heteroatoms. The molecule has 0 fully saturated rings. The van der Waals surface area contributed by atoms with Crippen molar-refractivity contribution in [2.24, 2.45) is 4.99 Å². The molecule has 2 heterocycles. The first-order valence-corrected chi connectivity index (χ1v) is 7.43. The highest BCUT2D eigenvalue weighted by atomic mass is 16.5. The third kappa shape index (κ3) is 5.12. The molecule has 118 valence electrons. The van der Waals surface area contributed by atoms with E-state index in [1.807, 2.05) is 24.3 Å². The van der Waals surface area contributed by atoms with Crippen LogP contribution in [0.4, 0.5) is 0 Å². The van der Waals surface area contributed by atoms with Gasteiger partial charge in [0.15, 0.2) is 5.96 Å². The number of hydrogen-bond acceptors (Lipinski definition) is 3. The molecule has 2 aromatic rings. The van der Waals surface area contributed by atoms with Gasteiger partial charge in [-0.05, 0) is 30.7 Å². The Balaban J connectivity index is 1.88. The minimum Gasteiger partial charge on any atom is -0.481 e. The highest BCUT2D eigenvalue weighted by molar-refractivity contribution is 5.79. The van der Waals surface area contributed by atoms with Crippen LogP contribution in [0, 0.1) is 0 Å². The Morgan fingerprint density at radius 1 is 1.32 bits per heavy atom. The minimum atomic E-state index is 0.581. The Morgan fingerprint density at radius 3 is 2.86 bits per heavy atom. The third-order valence-corrected chi connectivity index (χ3v) is 3.10. The third-order valence-electron chi connectivity index (χ3n) is 3.10. The van der Waals surface area contributed by atoms with Crippen molar-refractivity contribution in [3.8, 4) is 5.88 Å². The Bertz CT molecular complexity index is 580. The van der Waals surface area contributed by atoms with Crippen molar-refractivity contribution < 1.29 is 4.74 Å². The van der Waals surface area contributed by atoms with Gasteiger partial charge in [0.25, 0.3) is 0 Å². The zero-order valence-electron chi connectivity index (χ0n) is 13.1. The summed E-state index contributed by atoms with van der Waals surface area (Å²) >= 11 is 0. The monoisotopic (exact) mass is 301 g/mol. The summed E-state index contributed by atoms with van der Waals surface area (Å²) in [6.45, 7) is 5.19. The highest BCUT2D eigenvalue weighted by Crippen LogP contribution is 2.09. The van der Waals surface area contributed by atoms with Gasteiger partial charge in [-0.1, -0.05) is 0 Å². The van der Waals surface area contributed by atoms with Crippen LogP contribution < -0.4 is 15.4 Å². The average Bonchev–Trinajstić information content (AvgIpc) is 3.06. The Kier molecular flexibility index (Phi) is 6.29. The number of methoxy groups -OCH3 is 1. The largest absolute Gasteiger partial charge is 0.481 e. The summed E-state index contributed by atoms with van der Waals surface area (Å²) in [5.41, 5.74) is 1.06. The van der Waals surface area contributed by atoms with Gasteiger partial charge < -0.3 is 19.9 Å². The molecule has 0 aliphatic heterocycles. The molecule has 6 nitrogen and oxygen atoms in total. The fraction of sp³-hybridized carbons (Fsp3) is 0.375. The first kappa shape index (κ1) is 15.9. The van der Waals surface area contributed by atoms with Crippen LogP contribution in [0.1, 0.15) is 12.5 Å². The van der Waals surface area contributed by atoms with Gasteiger partial charge in [0.2, 0.25) is 5.88 Å². The van der Waals surface area contributed by atoms with Gasteiger partial charge in [0.1, 0.15) is 0 Å². The fourth-order valence-corrected chi connectivity index (χ4v) is 2.00. The predicted octanol–water partition coefficient (Wildman–Crippen LogP) is 1.65. The lowest BCUT2D eigenvalue weighted by atomic mass is 10.3. The molecule has 0 aromatic carbocycles. The van der Waals surface area contributed by atoms with E-state index < -0.39 is 0 Å². The van der Waals surface area contributed by atoms with Gasteiger partial charge in [0, 0.05) is 44.3 Å². The molecular formula is C16H23N5O. The second-order valence-corrected chi connectivity index (χ2v) is 4.75. The minimum absolute atomic E-state index is 0.581. The summed E-state index contributed by atoms with van der Waals surface area (Å²) < 4.78 is 7.25. The first-order valence-electron chi connectivity index (χ1n) is 7.43. The van der Waals surface area contributed by atoms with Gasteiger partial charge in [0.05, 0.1) is 13.7 Å². The van der Waals surface area contributed by atoms with E-state index in [2.05, 4.69) is 44.5 Å². The molecular weight excluding hydrogens is 278 g/mol. The number of nitrogens with one attached hydrogen (secondary N) is 2. The standard InChI is InChI=1S/C16H23N5O/c1-3-17-16(19-8-11-21-9-4-5-10-21)20-13-14-6-7-18-15(12-14)22-2/h4-7,9-10,12H,3,8,11,13H2,1-2H3,(H2,17,19,20). The zero-order valence-corrected chi connectivity index (χ0v) is 13.1. The van der Waals surface area contributed by atoms with Crippen LogP contribution in [0.15, 0.2) is 47.8 Å². The van der Waals surface area contributed by atoms with E-state index in [1.165, 1.54) is 0 Å². The molecule has 0 bridgehead atoms. The second kappa shape index (κ2) is 8.71. The molecule has 2 aromatic heterocycles. The molecule has 0 amide bonds. The molecule has 0 aliphatic carbocycles. The summed E-state index contributed by atoms with van der Waals surface area (Å²) in [5.74, 6) is 1.42. The lowest BCUT2D eigenvalue weighted by molar-refractivity contribution is 0.397. The van der Waals surface area contributed by atoms with Crippen molar-refractivity contribution in [2.45, 2.75) is 20.0 Å². The second-order valence-electron chi connectivity index (χ2n) is 4.75. The van der Waals surface area contributed by atoms with Crippen LogP contribution in [0.25, 0.3) is 0 Å². The van der Waals surface area contributed by atoms with Gasteiger partial charge in [-0.3, -0.25) is 0 Å². The van der Waals surface area contributed by atoms with Crippen LogP contribution in [0.3, 0.4) is 0 Å². The van der Waals surface area contributed by atoms with Crippen LogP contribution >= 0.6 is 0 Å². The van der Waals surface area contributed by atoms with Gasteiger partial charge in [-0.2, -0.15) is 0 Å². The molecule has 0 spiro atoms. The summed E-state index contributed by atoms with van der Waals surface area (Å²) in [6, 6.07) is 7.88. The maximum Gasteiger partial charge on any atom is 0.213 e. The SMILES string of the molecule is CCNC(=NCc1ccnc(OC)c1)NCCn1cccc1. The van der Waals surface area contributed by atoms with Gasteiger partial charge in [-0.15, -0.1) is 0 Å². The fourth-order valence-electron chi connectivity index (χ4n) is 2.00. The first-order chi connectivity index (χ1) is 10.8. The predicted molar refractivity (Wildman–Crippen MR) is 88.0 cm³/mol. The summed E-state index contributed by atoms with van der Waals surface area (Å²) in [5, 5.41) is 6.57. The van der Waals surface area contributed by atoms with Crippen LogP contribution in [-0.2, 0) is 13.1 Å². The molecule has 0 atom stereocenters. The number of aliphatic imine (C=N–C) groups is 1. The topological polar surface area (TPSA) is 63.5 Å². The van der Waals surface area contributed by atoms with Gasteiger partial charge >= 0.3 is 0 Å². The molecule has 0 saturated heterocycles. The molecule has 0 unspecified atom stereocenters. The van der Waals surface area contributed by atoms with E-state index in [9.17, 15) is 0 Å². The normalized spacial score (nSPS) is 11.3. The lowest BCUT2D eigenvalue weighted by Crippen LogP contribution is -2.38. The number of ether oxygens (including phenoxy) is 1. The number of nitrogens with zero attached hydrogens (tertiary/aromatic N) is 3. The van der Waals surface area contributed by atoms with E-state index in [0.717, 1.165) is 31.2 Å². The molecule has 0 radical (unpaired) electrons. The maximum atomic E-state index is 5.12. The van der Waals surface area contributed by atoms with E-state index in [4.69, 9.17) is 4.74 Å². The summed E-state index contributed by atoms with van der Waals surface area (Å²) in [7, 11) is 1.61. The van der Waals surface area contributed by atoms with Crippen molar-refractivity contribution in [3.63, 3.8) is 0 Å². The number of pyridine rings is 1. The molecule has 0 saturated carbocycles. The molecule has 0 aliphatic rings. The average molecular weight is 301 g/mol. The number of rotatable bonds is 7. The van der Waals surface area contributed by atoms with E-state index in [1.54, 1.807) is 13.3 Å². The van der Waals surface area contributed by atoms with Crippen molar-refractivity contribution in [1.82, 2.24) is 20.2 Å². The highest BCUT2D eigenvalue weighted by Gasteiger charge is 1.99. The van der Waals surface area contributed by atoms with Crippen molar-refractivity contribution >= 4 is 5.96 Å². The lowest BCUT2D eigenvalue weighted by Gasteiger charge is -2.11. The Hall–Kier alpha value is -2.50. The molecule has 2 rings (SSSR count). The summed E-state index contributed by atoms with van der Waals surface area (Å²) in [4.78, 5) is 8.67. The Morgan fingerprint density at radius 2 is 2.14 bits per heavy atom. The van der Waals surface area contributed by atoms with Crippen LogP contribution in [-0.4, -0.2) is 35.7 Å². The van der Waals surface area contributed by atoms with Crippen molar-refractivity contribution in [1.29, 1.82) is 0 Å². The van der Waals surface area contributed by atoms with E-state index >= 15 is 0 Å². The van der Waals surface area contributed by atoms with Crippen LogP contribution in [0.2, 0.25) is 0 Å². The van der Waals surface area contributed by atoms with Crippen LogP contribution in [0.5, 0.6) is 5.88 Å². The van der Waals surface area contributed by atoms with Crippen molar-refractivity contribution in [3.05, 3.63) is 48.4 Å². The van der Waals surface area contributed by atoms with E-state index in [-0.39, 0.29) is 0 Å². The summed E-state index contributed by atoms with van der Waals surface area (Å²) in [6.07, 6.45) is 5.83. The smallest absolute Gasteiger partial charge is 0.213 e. The zero-order chi connectivity index (χ0) is 15.6. The van der Waals surface area contributed by atoms with Gasteiger partial charge in [-0.25, -0.2) is 9.98 Å². The quantitative estimate of drug-likeness (QED) is 0.603. The number of aromatic nitrogens is 2. The molecule has 2 N–H and O–H groups in total. The Labute approximate surface area is 131 Å². The molecule has 22 heavy (non-hydrogen) atoms.